The average Bonchev–Trinajstić information content (AvgIpc) is 2.31. The van der Waals surface area contributed by atoms with Crippen LogP contribution >= 0.6 is 0 Å². The zero-order chi connectivity index (χ0) is 10.5. The van der Waals surface area contributed by atoms with E-state index in [2.05, 4.69) is 16.8 Å². The molecule has 1 aromatic heterocycles. The molecule has 1 aromatic rings. The van der Waals surface area contributed by atoms with Crippen molar-refractivity contribution in [3.63, 3.8) is 0 Å². The monoisotopic (exact) mass is 206 g/mol. The average molecular weight is 206 g/mol. The number of aromatic nitrogens is 1. The van der Waals surface area contributed by atoms with E-state index in [4.69, 9.17) is 4.74 Å². The molecular formula is C12H18N2O. The highest BCUT2D eigenvalue weighted by Gasteiger charge is 2.20. The zero-order valence-electron chi connectivity index (χ0n) is 9.22. The van der Waals surface area contributed by atoms with Gasteiger partial charge in [-0.25, -0.2) is 4.98 Å². The molecule has 0 aliphatic carbocycles. The number of likely N-dealkylation sites (tertiary alicyclic amines) is 1. The predicted octanol–water partition coefficient (Wildman–Crippen LogP) is 1.94. The molecule has 1 aliphatic heterocycles. The van der Waals surface area contributed by atoms with Crippen LogP contribution in [0.25, 0.3) is 0 Å². The summed E-state index contributed by atoms with van der Waals surface area (Å²) >= 11 is 0. The van der Waals surface area contributed by atoms with Crippen LogP contribution in [0.1, 0.15) is 19.8 Å². The minimum absolute atomic E-state index is 0.314. The largest absolute Gasteiger partial charge is 0.473 e. The minimum atomic E-state index is 0.314. The van der Waals surface area contributed by atoms with Crippen LogP contribution in [-0.4, -0.2) is 35.6 Å². The lowest BCUT2D eigenvalue weighted by molar-refractivity contribution is 0.0883. The second-order valence-electron chi connectivity index (χ2n) is 3.94. The summed E-state index contributed by atoms with van der Waals surface area (Å²) in [7, 11) is 0. The highest BCUT2D eigenvalue weighted by atomic mass is 16.5. The maximum absolute atomic E-state index is 5.83. The van der Waals surface area contributed by atoms with E-state index >= 15 is 0 Å². The lowest BCUT2D eigenvalue weighted by Gasteiger charge is -2.31. The Kier molecular flexibility index (Phi) is 3.56. The molecule has 0 spiro atoms. The van der Waals surface area contributed by atoms with Crippen molar-refractivity contribution in [1.29, 1.82) is 0 Å². The Bertz CT molecular complexity index is 289. The molecule has 0 saturated carbocycles. The molecule has 0 aromatic carbocycles. The normalized spacial score (nSPS) is 22.6. The molecule has 15 heavy (non-hydrogen) atoms. The molecule has 0 amide bonds. The van der Waals surface area contributed by atoms with Crippen molar-refractivity contribution in [2.45, 2.75) is 25.9 Å². The molecule has 2 rings (SSSR count). The third-order valence-electron chi connectivity index (χ3n) is 2.83. The molecule has 0 bridgehead atoms. The van der Waals surface area contributed by atoms with Crippen LogP contribution in [0, 0.1) is 0 Å². The summed E-state index contributed by atoms with van der Waals surface area (Å²) < 4.78 is 5.83. The third kappa shape index (κ3) is 2.93. The van der Waals surface area contributed by atoms with Gasteiger partial charge in [0.15, 0.2) is 0 Å². The lowest BCUT2D eigenvalue weighted by atomic mass is 10.1. The van der Waals surface area contributed by atoms with Crippen molar-refractivity contribution in [3.8, 4) is 5.88 Å². The zero-order valence-corrected chi connectivity index (χ0v) is 9.22. The van der Waals surface area contributed by atoms with Crippen LogP contribution in [0.5, 0.6) is 5.88 Å². The fourth-order valence-electron chi connectivity index (χ4n) is 1.98. The molecule has 0 radical (unpaired) electrons. The standard InChI is InChI=1S/C12H18N2O/c1-2-14-9-5-6-11(10-14)15-12-7-3-4-8-13-12/h3-4,7-8,11H,2,5-6,9-10H2,1H3. The van der Waals surface area contributed by atoms with Gasteiger partial charge in [0.05, 0.1) is 0 Å². The SMILES string of the molecule is CCN1CCCC(Oc2ccccn2)C1. The van der Waals surface area contributed by atoms with Crippen molar-refractivity contribution < 1.29 is 4.74 Å². The van der Waals surface area contributed by atoms with E-state index in [1.54, 1.807) is 6.20 Å². The van der Waals surface area contributed by atoms with Gasteiger partial charge in [-0.1, -0.05) is 13.0 Å². The molecule has 3 nitrogen and oxygen atoms in total. The van der Waals surface area contributed by atoms with Crippen molar-refractivity contribution in [3.05, 3.63) is 24.4 Å². The first-order valence-electron chi connectivity index (χ1n) is 5.68. The van der Waals surface area contributed by atoms with Crippen LogP contribution in [0.3, 0.4) is 0 Å². The third-order valence-corrected chi connectivity index (χ3v) is 2.83. The Labute approximate surface area is 91.1 Å². The number of hydrogen-bond donors (Lipinski definition) is 0. The summed E-state index contributed by atoms with van der Waals surface area (Å²) in [6, 6.07) is 5.79. The first-order chi connectivity index (χ1) is 7.38. The molecule has 1 aliphatic rings. The lowest BCUT2D eigenvalue weighted by Crippen LogP contribution is -2.40. The van der Waals surface area contributed by atoms with Gasteiger partial charge in [0, 0.05) is 18.8 Å². The Morgan fingerprint density at radius 2 is 2.47 bits per heavy atom. The van der Waals surface area contributed by atoms with E-state index in [1.165, 1.54) is 13.0 Å². The topological polar surface area (TPSA) is 25.4 Å². The van der Waals surface area contributed by atoms with E-state index < -0.39 is 0 Å². The molecule has 2 heterocycles. The summed E-state index contributed by atoms with van der Waals surface area (Å²) in [5.41, 5.74) is 0. The molecular weight excluding hydrogens is 188 g/mol. The van der Waals surface area contributed by atoms with Crippen LogP contribution < -0.4 is 4.74 Å². The predicted molar refractivity (Wildman–Crippen MR) is 60.0 cm³/mol. The molecule has 82 valence electrons. The number of ether oxygens (including phenoxy) is 1. The summed E-state index contributed by atoms with van der Waals surface area (Å²) in [5, 5.41) is 0. The van der Waals surface area contributed by atoms with E-state index in [-0.39, 0.29) is 0 Å². The fourth-order valence-corrected chi connectivity index (χ4v) is 1.98. The number of piperidine rings is 1. The van der Waals surface area contributed by atoms with Crippen molar-refractivity contribution >= 4 is 0 Å². The number of likely N-dealkylation sites (N-methyl/N-ethyl adjacent to an activating group) is 1. The van der Waals surface area contributed by atoms with Gasteiger partial charge < -0.3 is 4.74 Å². The highest BCUT2D eigenvalue weighted by molar-refractivity contribution is 5.09. The summed E-state index contributed by atoms with van der Waals surface area (Å²) in [6.45, 7) is 5.55. The summed E-state index contributed by atoms with van der Waals surface area (Å²) in [4.78, 5) is 6.61. The van der Waals surface area contributed by atoms with Crippen LogP contribution in [0.2, 0.25) is 0 Å². The Hall–Kier alpha value is -1.09. The van der Waals surface area contributed by atoms with E-state index in [0.717, 1.165) is 25.4 Å². The van der Waals surface area contributed by atoms with Crippen molar-refractivity contribution in [2.24, 2.45) is 0 Å². The number of pyridine rings is 1. The molecule has 1 fully saturated rings. The minimum Gasteiger partial charge on any atom is -0.473 e. The van der Waals surface area contributed by atoms with Gasteiger partial charge in [-0.05, 0) is 32.0 Å². The summed E-state index contributed by atoms with van der Waals surface area (Å²) in [6.07, 6.45) is 4.46. The molecule has 1 saturated heterocycles. The molecule has 1 atom stereocenters. The number of nitrogens with zero attached hydrogens (tertiary/aromatic N) is 2. The summed E-state index contributed by atoms with van der Waals surface area (Å²) in [5.74, 6) is 0.750. The number of rotatable bonds is 3. The van der Waals surface area contributed by atoms with Gasteiger partial charge >= 0.3 is 0 Å². The van der Waals surface area contributed by atoms with E-state index in [1.807, 2.05) is 18.2 Å². The first-order valence-corrected chi connectivity index (χ1v) is 5.68. The molecule has 0 N–H and O–H groups in total. The quantitative estimate of drug-likeness (QED) is 0.755. The second kappa shape index (κ2) is 5.12. The highest BCUT2D eigenvalue weighted by Crippen LogP contribution is 2.15. The molecule has 3 heteroatoms. The smallest absolute Gasteiger partial charge is 0.213 e. The van der Waals surface area contributed by atoms with E-state index in [0.29, 0.717) is 6.10 Å². The van der Waals surface area contributed by atoms with Gasteiger partial charge in [0.1, 0.15) is 6.10 Å². The van der Waals surface area contributed by atoms with E-state index in [9.17, 15) is 0 Å². The van der Waals surface area contributed by atoms with Gasteiger partial charge in [-0.15, -0.1) is 0 Å². The maximum atomic E-state index is 5.83. The van der Waals surface area contributed by atoms with Gasteiger partial charge in [0.25, 0.3) is 0 Å². The number of hydrogen-bond acceptors (Lipinski definition) is 3. The maximum Gasteiger partial charge on any atom is 0.213 e. The van der Waals surface area contributed by atoms with Crippen LogP contribution in [-0.2, 0) is 0 Å². The van der Waals surface area contributed by atoms with Crippen molar-refractivity contribution in [2.75, 3.05) is 19.6 Å². The van der Waals surface area contributed by atoms with Gasteiger partial charge in [-0.3, -0.25) is 4.90 Å². The van der Waals surface area contributed by atoms with Crippen LogP contribution in [0.4, 0.5) is 0 Å². The van der Waals surface area contributed by atoms with Gasteiger partial charge in [0.2, 0.25) is 5.88 Å². The fraction of sp³-hybridized carbons (Fsp3) is 0.583. The Morgan fingerprint density at radius 1 is 1.53 bits per heavy atom. The first kappa shape index (κ1) is 10.4. The van der Waals surface area contributed by atoms with Crippen LogP contribution in [0.15, 0.2) is 24.4 Å². The van der Waals surface area contributed by atoms with Crippen molar-refractivity contribution in [1.82, 2.24) is 9.88 Å². The Morgan fingerprint density at radius 3 is 3.20 bits per heavy atom. The van der Waals surface area contributed by atoms with Gasteiger partial charge in [-0.2, -0.15) is 0 Å². The Balaban J connectivity index is 1.89. The molecule has 1 unspecified atom stereocenters. The second-order valence-corrected chi connectivity index (χ2v) is 3.94.